The van der Waals surface area contributed by atoms with Gasteiger partial charge in [0.05, 0.1) is 0 Å². The molecule has 1 aromatic carbocycles. The lowest BCUT2D eigenvalue weighted by Crippen LogP contribution is -2.33. The van der Waals surface area contributed by atoms with Crippen LogP contribution in [0.25, 0.3) is 5.57 Å². The molecular formula is C20H34OSi. The van der Waals surface area contributed by atoms with Crippen molar-refractivity contribution in [2.45, 2.75) is 78.6 Å². The molecule has 0 atom stereocenters. The summed E-state index contributed by atoms with van der Waals surface area (Å²) in [6, 6.07) is 9.86. The van der Waals surface area contributed by atoms with E-state index in [4.69, 9.17) is 4.43 Å². The molecule has 0 spiro atoms. The molecule has 1 aromatic rings. The molecule has 0 aliphatic rings. The average molecular weight is 319 g/mol. The molecule has 1 rings (SSSR count). The minimum atomic E-state index is -1.67. The number of hydrogen-bond donors (Lipinski definition) is 0. The molecule has 0 bridgehead atoms. The lowest BCUT2D eigenvalue weighted by atomic mass is 10.0. The number of aryl methyl sites for hydroxylation is 1. The van der Waals surface area contributed by atoms with Crippen LogP contribution >= 0.6 is 0 Å². The Morgan fingerprint density at radius 1 is 1.18 bits per heavy atom. The van der Waals surface area contributed by atoms with E-state index < -0.39 is 8.32 Å². The van der Waals surface area contributed by atoms with Gasteiger partial charge in [0.1, 0.15) is 0 Å². The molecule has 0 fully saturated rings. The molecule has 0 saturated carbocycles. The summed E-state index contributed by atoms with van der Waals surface area (Å²) in [5.41, 5.74) is 4.28. The van der Waals surface area contributed by atoms with Crippen molar-refractivity contribution in [2.75, 3.05) is 0 Å². The highest BCUT2D eigenvalue weighted by molar-refractivity contribution is 6.72. The third-order valence-corrected chi connectivity index (χ3v) is 6.20. The van der Waals surface area contributed by atoms with Gasteiger partial charge in [0, 0.05) is 6.10 Å². The van der Waals surface area contributed by atoms with Crippen molar-refractivity contribution in [3.8, 4) is 0 Å². The zero-order valence-corrected chi connectivity index (χ0v) is 16.4. The van der Waals surface area contributed by atoms with Crippen molar-refractivity contribution in [1.82, 2.24) is 0 Å². The predicted octanol–water partition coefficient (Wildman–Crippen LogP) is 6.59. The number of hydrogen-bond acceptors (Lipinski definition) is 1. The molecule has 0 saturated heterocycles. The molecule has 2 heteroatoms. The largest absolute Gasteiger partial charge is 0.415 e. The van der Waals surface area contributed by atoms with Gasteiger partial charge in [-0.05, 0) is 69.5 Å². The minimum absolute atomic E-state index is 0.319. The van der Waals surface area contributed by atoms with Crippen molar-refractivity contribution in [2.24, 2.45) is 0 Å². The van der Waals surface area contributed by atoms with Crippen molar-refractivity contribution >= 4 is 13.9 Å². The van der Waals surface area contributed by atoms with Crippen LogP contribution in [-0.2, 0) is 4.43 Å². The fraction of sp³-hybridized carbons (Fsp3) is 0.600. The zero-order chi connectivity index (χ0) is 16.6. The van der Waals surface area contributed by atoms with Crippen LogP contribution in [0.15, 0.2) is 30.3 Å². The van der Waals surface area contributed by atoms with Gasteiger partial charge in [-0.25, -0.2) is 0 Å². The first-order chi connectivity index (χ1) is 10.4. The standard InChI is InChI=1S/C20H34OSi/c1-7-8-9-10-14-19(16-22(5,6)21-17(2)3)20-15-12-11-13-18(20)4/h11-15,17H,7-10,16H2,1-6H3/b19-14-. The summed E-state index contributed by atoms with van der Waals surface area (Å²) in [4.78, 5) is 0. The number of benzene rings is 1. The molecule has 0 aliphatic carbocycles. The van der Waals surface area contributed by atoms with Crippen molar-refractivity contribution in [1.29, 1.82) is 0 Å². The molecule has 22 heavy (non-hydrogen) atoms. The van der Waals surface area contributed by atoms with Gasteiger partial charge in [0.15, 0.2) is 8.32 Å². The normalized spacial score (nSPS) is 13.0. The Kier molecular flexibility index (Phi) is 8.12. The fourth-order valence-corrected chi connectivity index (χ4v) is 5.63. The summed E-state index contributed by atoms with van der Waals surface area (Å²) in [6.07, 6.45) is 7.87. The molecule has 124 valence electrons. The Labute approximate surface area is 138 Å². The second-order valence-corrected chi connectivity index (χ2v) is 11.3. The quantitative estimate of drug-likeness (QED) is 0.368. The molecule has 0 aromatic heterocycles. The predicted molar refractivity (Wildman–Crippen MR) is 102 cm³/mol. The molecule has 0 N–H and O–H groups in total. The van der Waals surface area contributed by atoms with E-state index in [9.17, 15) is 0 Å². The Bertz CT molecular complexity index is 474. The van der Waals surface area contributed by atoms with Crippen LogP contribution in [0.4, 0.5) is 0 Å². The minimum Gasteiger partial charge on any atom is -0.415 e. The first kappa shape index (κ1) is 19.2. The maximum Gasteiger partial charge on any atom is 0.191 e. The lowest BCUT2D eigenvalue weighted by molar-refractivity contribution is 0.233. The van der Waals surface area contributed by atoms with Gasteiger partial charge in [-0.2, -0.15) is 0 Å². The molecule has 0 amide bonds. The van der Waals surface area contributed by atoms with Gasteiger partial charge < -0.3 is 4.43 Å². The van der Waals surface area contributed by atoms with E-state index in [-0.39, 0.29) is 0 Å². The molecule has 0 heterocycles. The van der Waals surface area contributed by atoms with Crippen LogP contribution in [0, 0.1) is 6.92 Å². The molecule has 1 nitrogen and oxygen atoms in total. The summed E-state index contributed by atoms with van der Waals surface area (Å²) in [6.45, 7) is 13.4. The van der Waals surface area contributed by atoms with E-state index >= 15 is 0 Å². The van der Waals surface area contributed by atoms with Crippen molar-refractivity contribution in [3.05, 3.63) is 41.5 Å². The van der Waals surface area contributed by atoms with Crippen LogP contribution in [0.2, 0.25) is 19.1 Å². The molecule has 0 radical (unpaired) electrons. The third kappa shape index (κ3) is 6.93. The van der Waals surface area contributed by atoms with Gasteiger partial charge in [-0.15, -0.1) is 0 Å². The number of rotatable bonds is 9. The average Bonchev–Trinajstić information content (AvgIpc) is 2.41. The van der Waals surface area contributed by atoms with Crippen LogP contribution < -0.4 is 0 Å². The van der Waals surface area contributed by atoms with Gasteiger partial charge >= 0.3 is 0 Å². The van der Waals surface area contributed by atoms with Gasteiger partial charge in [0.2, 0.25) is 0 Å². The van der Waals surface area contributed by atoms with Gasteiger partial charge in [-0.3, -0.25) is 0 Å². The first-order valence-corrected chi connectivity index (χ1v) is 11.9. The van der Waals surface area contributed by atoms with E-state index in [2.05, 4.69) is 71.1 Å². The summed E-state index contributed by atoms with van der Waals surface area (Å²) < 4.78 is 6.26. The Morgan fingerprint density at radius 3 is 2.45 bits per heavy atom. The summed E-state index contributed by atoms with van der Waals surface area (Å²) in [7, 11) is -1.67. The molecule has 0 aliphatic heterocycles. The Balaban J connectivity index is 2.94. The Morgan fingerprint density at radius 2 is 1.86 bits per heavy atom. The highest BCUT2D eigenvalue weighted by atomic mass is 28.4. The van der Waals surface area contributed by atoms with Crippen LogP contribution in [0.1, 0.15) is 57.6 Å². The summed E-state index contributed by atoms with van der Waals surface area (Å²) in [5.74, 6) is 0. The highest BCUT2D eigenvalue weighted by Gasteiger charge is 2.26. The van der Waals surface area contributed by atoms with Gasteiger partial charge in [-0.1, -0.05) is 50.1 Å². The zero-order valence-electron chi connectivity index (χ0n) is 15.4. The molecular weight excluding hydrogens is 284 g/mol. The summed E-state index contributed by atoms with van der Waals surface area (Å²) >= 11 is 0. The van der Waals surface area contributed by atoms with E-state index in [1.807, 2.05) is 0 Å². The topological polar surface area (TPSA) is 9.23 Å². The maximum absolute atomic E-state index is 6.26. The van der Waals surface area contributed by atoms with Crippen LogP contribution in [-0.4, -0.2) is 14.4 Å². The maximum atomic E-state index is 6.26. The van der Waals surface area contributed by atoms with Crippen LogP contribution in [0.5, 0.6) is 0 Å². The van der Waals surface area contributed by atoms with E-state index in [1.165, 1.54) is 42.4 Å². The highest BCUT2D eigenvalue weighted by Crippen LogP contribution is 2.30. The first-order valence-electron chi connectivity index (χ1n) is 8.78. The monoisotopic (exact) mass is 318 g/mol. The van der Waals surface area contributed by atoms with E-state index in [0.29, 0.717) is 6.10 Å². The van der Waals surface area contributed by atoms with Crippen molar-refractivity contribution < 1.29 is 4.43 Å². The van der Waals surface area contributed by atoms with Gasteiger partial charge in [0.25, 0.3) is 0 Å². The van der Waals surface area contributed by atoms with E-state index in [0.717, 1.165) is 6.04 Å². The fourth-order valence-electron chi connectivity index (χ4n) is 3.02. The lowest BCUT2D eigenvalue weighted by Gasteiger charge is -2.27. The van der Waals surface area contributed by atoms with Crippen molar-refractivity contribution in [3.63, 3.8) is 0 Å². The number of unbranched alkanes of at least 4 members (excludes halogenated alkanes) is 3. The summed E-state index contributed by atoms with van der Waals surface area (Å²) in [5, 5.41) is 0. The Hall–Kier alpha value is -0.863. The second kappa shape index (κ2) is 9.31. The SMILES string of the molecule is CCCCC/C=C(/C[Si](C)(C)OC(C)C)c1ccccc1C. The smallest absolute Gasteiger partial charge is 0.191 e. The number of allylic oxidation sites excluding steroid dienone is 2. The van der Waals surface area contributed by atoms with Crippen LogP contribution in [0.3, 0.4) is 0 Å². The second-order valence-electron chi connectivity index (χ2n) is 7.14. The third-order valence-electron chi connectivity index (χ3n) is 3.86. The van der Waals surface area contributed by atoms with E-state index in [1.54, 1.807) is 0 Å². The molecule has 0 unspecified atom stereocenters.